The number of hydrogen-bond acceptors (Lipinski definition) is 6. The third-order valence-corrected chi connectivity index (χ3v) is 5.92. The first-order valence-electron chi connectivity index (χ1n) is 8.94. The minimum absolute atomic E-state index is 0.0591. The maximum Gasteiger partial charge on any atom is 0.243 e. The molecule has 2 aromatic rings. The summed E-state index contributed by atoms with van der Waals surface area (Å²) in [5.74, 6) is 1.12. The van der Waals surface area contributed by atoms with Crippen LogP contribution < -0.4 is 19.5 Å². The van der Waals surface area contributed by atoms with Crippen LogP contribution in [-0.2, 0) is 21.4 Å². The predicted octanol–water partition coefficient (Wildman–Crippen LogP) is 2.88. The van der Waals surface area contributed by atoms with Crippen molar-refractivity contribution in [1.29, 1.82) is 0 Å². The van der Waals surface area contributed by atoms with Gasteiger partial charge in [0, 0.05) is 26.6 Å². The minimum Gasteiger partial charge on any atom is -0.495 e. The van der Waals surface area contributed by atoms with Gasteiger partial charge in [0.05, 0.1) is 31.4 Å². The monoisotopic (exact) mass is 422 g/mol. The lowest BCUT2D eigenvalue weighted by molar-refractivity contribution is -0.114. The van der Waals surface area contributed by atoms with Gasteiger partial charge in [-0.05, 0) is 36.8 Å². The molecule has 1 amide bonds. The lowest BCUT2D eigenvalue weighted by atomic mass is 10.2. The number of sulfonamides is 1. The van der Waals surface area contributed by atoms with Gasteiger partial charge in [0.25, 0.3) is 0 Å². The number of nitrogens with one attached hydrogen (secondary N) is 1. The Morgan fingerprint density at radius 3 is 2.31 bits per heavy atom. The van der Waals surface area contributed by atoms with Crippen molar-refractivity contribution in [2.24, 2.45) is 0 Å². The fourth-order valence-electron chi connectivity index (χ4n) is 2.73. The molecule has 29 heavy (non-hydrogen) atoms. The fraction of sp³-hybridized carbons (Fsp3) is 0.350. The molecule has 0 atom stereocenters. The zero-order valence-electron chi connectivity index (χ0n) is 17.2. The van der Waals surface area contributed by atoms with Crippen LogP contribution in [0.4, 0.5) is 5.69 Å². The van der Waals surface area contributed by atoms with Crippen molar-refractivity contribution >= 4 is 21.6 Å². The molecule has 0 saturated heterocycles. The largest absolute Gasteiger partial charge is 0.495 e. The average molecular weight is 423 g/mol. The van der Waals surface area contributed by atoms with Crippen LogP contribution in [0.3, 0.4) is 0 Å². The van der Waals surface area contributed by atoms with Crippen LogP contribution in [0.15, 0.2) is 41.3 Å². The minimum atomic E-state index is -3.79. The molecule has 0 saturated carbocycles. The molecular weight excluding hydrogens is 396 g/mol. The van der Waals surface area contributed by atoms with Gasteiger partial charge in [0.15, 0.2) is 11.5 Å². The molecule has 9 heteroatoms. The van der Waals surface area contributed by atoms with Crippen LogP contribution in [0.2, 0.25) is 0 Å². The smallest absolute Gasteiger partial charge is 0.243 e. The van der Waals surface area contributed by atoms with Crippen molar-refractivity contribution < 1.29 is 27.4 Å². The van der Waals surface area contributed by atoms with Crippen LogP contribution in [-0.4, -0.2) is 46.5 Å². The van der Waals surface area contributed by atoms with E-state index in [2.05, 4.69) is 5.32 Å². The quantitative estimate of drug-likeness (QED) is 0.668. The molecule has 8 nitrogen and oxygen atoms in total. The Bertz CT molecular complexity index is 975. The van der Waals surface area contributed by atoms with Gasteiger partial charge in [0.2, 0.25) is 15.9 Å². The van der Waals surface area contributed by atoms with Gasteiger partial charge in [-0.3, -0.25) is 4.79 Å². The number of ether oxygens (including phenoxy) is 3. The van der Waals surface area contributed by atoms with E-state index in [9.17, 15) is 13.2 Å². The number of benzene rings is 2. The van der Waals surface area contributed by atoms with E-state index in [1.807, 2.05) is 6.92 Å². The topological polar surface area (TPSA) is 94.2 Å². The zero-order chi connectivity index (χ0) is 21.6. The number of hydrogen-bond donors (Lipinski definition) is 1. The SMILES string of the molecule is CCOc1ccc(CN(C)S(=O)(=O)c2ccc(NC(C)=O)c(OC)c2)cc1OC. The molecule has 0 aliphatic rings. The molecule has 0 aromatic heterocycles. The molecule has 1 N–H and O–H groups in total. The molecule has 0 unspecified atom stereocenters. The number of amides is 1. The van der Waals surface area contributed by atoms with Gasteiger partial charge < -0.3 is 19.5 Å². The predicted molar refractivity (Wildman–Crippen MR) is 110 cm³/mol. The van der Waals surface area contributed by atoms with E-state index in [0.717, 1.165) is 5.56 Å². The standard InChI is InChI=1S/C20H26N2O6S/c1-6-28-18-10-7-15(11-20(18)27-5)13-22(3)29(24,25)16-8-9-17(21-14(2)23)19(12-16)26-4/h7-12H,6,13H2,1-5H3,(H,21,23). The van der Waals surface area contributed by atoms with Crippen molar-refractivity contribution in [3.8, 4) is 17.2 Å². The van der Waals surface area contributed by atoms with Crippen molar-refractivity contribution in [3.63, 3.8) is 0 Å². The highest BCUT2D eigenvalue weighted by Crippen LogP contribution is 2.31. The number of rotatable bonds is 9. The van der Waals surface area contributed by atoms with Crippen molar-refractivity contribution in [2.75, 3.05) is 33.2 Å². The summed E-state index contributed by atoms with van der Waals surface area (Å²) >= 11 is 0. The molecular formula is C20H26N2O6S. The van der Waals surface area contributed by atoms with E-state index in [-0.39, 0.29) is 23.1 Å². The third kappa shape index (κ3) is 5.39. The fourth-order valence-corrected chi connectivity index (χ4v) is 3.91. The van der Waals surface area contributed by atoms with E-state index in [4.69, 9.17) is 14.2 Å². The summed E-state index contributed by atoms with van der Waals surface area (Å²) in [6, 6.07) is 9.61. The first-order valence-corrected chi connectivity index (χ1v) is 10.4. The Balaban J connectivity index is 2.28. The molecule has 2 rings (SSSR count). The zero-order valence-corrected chi connectivity index (χ0v) is 18.0. The molecule has 0 aliphatic heterocycles. The summed E-state index contributed by atoms with van der Waals surface area (Å²) in [4.78, 5) is 11.3. The Labute approximate surface area is 171 Å². The maximum absolute atomic E-state index is 13.0. The molecule has 2 aromatic carbocycles. The second kappa shape index (κ2) is 9.62. The van der Waals surface area contributed by atoms with Crippen molar-refractivity contribution in [3.05, 3.63) is 42.0 Å². The van der Waals surface area contributed by atoms with Crippen LogP contribution in [0.1, 0.15) is 19.4 Å². The van der Waals surface area contributed by atoms with Gasteiger partial charge in [-0.2, -0.15) is 4.31 Å². The molecule has 0 fully saturated rings. The number of carbonyl (C=O) groups is 1. The summed E-state index contributed by atoms with van der Waals surface area (Å²) < 4.78 is 43.2. The van der Waals surface area contributed by atoms with E-state index in [1.54, 1.807) is 18.2 Å². The average Bonchev–Trinajstić information content (AvgIpc) is 2.68. The molecule has 0 bridgehead atoms. The Morgan fingerprint density at radius 1 is 1.03 bits per heavy atom. The van der Waals surface area contributed by atoms with Crippen LogP contribution in [0.5, 0.6) is 17.2 Å². The summed E-state index contributed by atoms with van der Waals surface area (Å²) in [6.45, 7) is 3.88. The molecule has 0 spiro atoms. The third-order valence-electron chi connectivity index (χ3n) is 4.12. The van der Waals surface area contributed by atoms with Crippen molar-refractivity contribution in [1.82, 2.24) is 4.31 Å². The van der Waals surface area contributed by atoms with Gasteiger partial charge in [-0.15, -0.1) is 0 Å². The summed E-state index contributed by atoms with van der Waals surface area (Å²) in [5, 5.41) is 2.60. The highest BCUT2D eigenvalue weighted by molar-refractivity contribution is 7.89. The van der Waals surface area contributed by atoms with E-state index >= 15 is 0 Å². The molecule has 158 valence electrons. The number of methoxy groups -OCH3 is 2. The number of anilines is 1. The van der Waals surface area contributed by atoms with E-state index in [1.165, 1.54) is 50.7 Å². The number of nitrogens with zero attached hydrogens (tertiary/aromatic N) is 1. The summed E-state index contributed by atoms with van der Waals surface area (Å²) in [7, 11) is 0.649. The summed E-state index contributed by atoms with van der Waals surface area (Å²) in [5.41, 5.74) is 1.15. The first-order chi connectivity index (χ1) is 13.7. The van der Waals surface area contributed by atoms with Gasteiger partial charge in [-0.1, -0.05) is 6.07 Å². The Morgan fingerprint density at radius 2 is 1.72 bits per heavy atom. The molecule has 0 radical (unpaired) electrons. The normalized spacial score (nSPS) is 11.2. The lowest BCUT2D eigenvalue weighted by Gasteiger charge is -2.19. The molecule has 0 heterocycles. The first kappa shape index (κ1) is 22.5. The van der Waals surface area contributed by atoms with E-state index < -0.39 is 10.0 Å². The van der Waals surface area contributed by atoms with Crippen LogP contribution >= 0.6 is 0 Å². The highest BCUT2D eigenvalue weighted by atomic mass is 32.2. The van der Waals surface area contributed by atoms with Crippen molar-refractivity contribution in [2.45, 2.75) is 25.3 Å². The van der Waals surface area contributed by atoms with Crippen LogP contribution in [0.25, 0.3) is 0 Å². The van der Waals surface area contributed by atoms with E-state index in [0.29, 0.717) is 23.8 Å². The summed E-state index contributed by atoms with van der Waals surface area (Å²) in [6.07, 6.45) is 0. The highest BCUT2D eigenvalue weighted by Gasteiger charge is 2.23. The van der Waals surface area contributed by atoms with Gasteiger partial charge in [-0.25, -0.2) is 8.42 Å². The second-order valence-corrected chi connectivity index (χ2v) is 8.27. The number of carbonyl (C=O) groups excluding carboxylic acids is 1. The maximum atomic E-state index is 13.0. The Hall–Kier alpha value is -2.78. The van der Waals surface area contributed by atoms with Gasteiger partial charge >= 0.3 is 0 Å². The second-order valence-electron chi connectivity index (χ2n) is 6.22. The Kier molecular flexibility index (Phi) is 7.46. The lowest BCUT2D eigenvalue weighted by Crippen LogP contribution is -2.26. The van der Waals surface area contributed by atoms with Crippen LogP contribution in [0, 0.1) is 0 Å². The van der Waals surface area contributed by atoms with Gasteiger partial charge in [0.1, 0.15) is 5.75 Å². The molecule has 0 aliphatic carbocycles.